The van der Waals surface area contributed by atoms with Crippen LogP contribution < -0.4 is 15.4 Å². The second kappa shape index (κ2) is 5.87. The molecule has 1 fully saturated rings. The summed E-state index contributed by atoms with van der Waals surface area (Å²) in [6.07, 6.45) is 2.01. The number of hydrogen-bond acceptors (Lipinski definition) is 3. The van der Waals surface area contributed by atoms with Crippen LogP contribution in [-0.2, 0) is 4.79 Å². The number of benzene rings is 1. The van der Waals surface area contributed by atoms with Gasteiger partial charge in [0.05, 0.1) is 18.7 Å². The van der Waals surface area contributed by atoms with E-state index in [0.717, 1.165) is 37.2 Å². The zero-order valence-corrected chi connectivity index (χ0v) is 11.0. The third-order valence-corrected chi connectivity index (χ3v) is 3.37. The van der Waals surface area contributed by atoms with Crippen LogP contribution in [0.1, 0.15) is 18.4 Å². The summed E-state index contributed by atoms with van der Waals surface area (Å²) in [5.74, 6) is 0.852. The summed E-state index contributed by atoms with van der Waals surface area (Å²) in [5, 5.41) is 6.25. The Morgan fingerprint density at radius 1 is 1.50 bits per heavy atom. The minimum Gasteiger partial charge on any atom is -0.495 e. The van der Waals surface area contributed by atoms with Crippen molar-refractivity contribution in [2.24, 2.45) is 5.92 Å². The minimum absolute atomic E-state index is 0.0584. The number of rotatable bonds is 3. The first-order chi connectivity index (χ1) is 8.72. The van der Waals surface area contributed by atoms with Crippen molar-refractivity contribution in [2.75, 3.05) is 25.5 Å². The molecule has 1 amide bonds. The predicted molar refractivity (Wildman–Crippen MR) is 72.0 cm³/mol. The lowest BCUT2D eigenvalue weighted by atomic mass is 9.98. The summed E-state index contributed by atoms with van der Waals surface area (Å²) < 4.78 is 5.28. The fourth-order valence-electron chi connectivity index (χ4n) is 2.27. The number of amides is 1. The second-order valence-corrected chi connectivity index (χ2v) is 4.68. The molecule has 0 bridgehead atoms. The van der Waals surface area contributed by atoms with Crippen molar-refractivity contribution in [3.8, 4) is 5.75 Å². The maximum absolute atomic E-state index is 12.2. The van der Waals surface area contributed by atoms with Crippen molar-refractivity contribution >= 4 is 11.6 Å². The van der Waals surface area contributed by atoms with Gasteiger partial charge < -0.3 is 15.4 Å². The van der Waals surface area contributed by atoms with Crippen molar-refractivity contribution in [3.05, 3.63) is 23.8 Å². The Morgan fingerprint density at radius 2 is 2.33 bits per heavy atom. The van der Waals surface area contributed by atoms with Crippen LogP contribution in [0.4, 0.5) is 5.69 Å². The zero-order valence-electron chi connectivity index (χ0n) is 11.0. The number of anilines is 1. The maximum Gasteiger partial charge on any atom is 0.228 e. The van der Waals surface area contributed by atoms with E-state index in [4.69, 9.17) is 4.74 Å². The van der Waals surface area contributed by atoms with Gasteiger partial charge in [-0.3, -0.25) is 4.79 Å². The van der Waals surface area contributed by atoms with E-state index in [1.807, 2.05) is 25.1 Å². The molecule has 0 unspecified atom stereocenters. The van der Waals surface area contributed by atoms with Crippen LogP contribution in [0.2, 0.25) is 0 Å². The van der Waals surface area contributed by atoms with Gasteiger partial charge in [0.1, 0.15) is 5.75 Å². The molecule has 2 N–H and O–H groups in total. The van der Waals surface area contributed by atoms with Gasteiger partial charge in [-0.1, -0.05) is 12.1 Å². The van der Waals surface area contributed by atoms with Crippen LogP contribution >= 0.6 is 0 Å². The molecule has 0 radical (unpaired) electrons. The lowest BCUT2D eigenvalue weighted by molar-refractivity contribution is -0.120. The van der Waals surface area contributed by atoms with Crippen LogP contribution in [0.15, 0.2) is 18.2 Å². The average molecular weight is 248 g/mol. The number of carbonyl (C=O) groups is 1. The highest BCUT2D eigenvalue weighted by Gasteiger charge is 2.22. The van der Waals surface area contributed by atoms with Gasteiger partial charge in [0, 0.05) is 6.54 Å². The minimum atomic E-state index is 0.0584. The summed E-state index contributed by atoms with van der Waals surface area (Å²) in [5.41, 5.74) is 1.81. The number of nitrogens with one attached hydrogen (secondary N) is 2. The van der Waals surface area contributed by atoms with Crippen molar-refractivity contribution in [3.63, 3.8) is 0 Å². The van der Waals surface area contributed by atoms with E-state index in [0.29, 0.717) is 5.75 Å². The second-order valence-electron chi connectivity index (χ2n) is 4.68. The van der Waals surface area contributed by atoms with E-state index in [-0.39, 0.29) is 11.8 Å². The molecule has 1 heterocycles. The van der Waals surface area contributed by atoms with Gasteiger partial charge >= 0.3 is 0 Å². The van der Waals surface area contributed by atoms with Crippen LogP contribution in [-0.4, -0.2) is 26.1 Å². The third-order valence-electron chi connectivity index (χ3n) is 3.37. The standard InChI is InChI=1S/C14H20N2O2/c1-10-5-3-7-12(18-2)13(10)16-14(17)11-6-4-8-15-9-11/h3,5,7,11,15H,4,6,8-9H2,1-2H3,(H,16,17)/t11-/m0/s1. The molecule has 1 atom stereocenters. The first-order valence-electron chi connectivity index (χ1n) is 6.37. The Hall–Kier alpha value is -1.55. The van der Waals surface area contributed by atoms with Crippen molar-refractivity contribution in [1.29, 1.82) is 0 Å². The van der Waals surface area contributed by atoms with Gasteiger partial charge in [-0.25, -0.2) is 0 Å². The summed E-state index contributed by atoms with van der Waals surface area (Å²) in [6, 6.07) is 5.75. The SMILES string of the molecule is COc1cccc(C)c1NC(=O)[C@H]1CCCNC1. The highest BCUT2D eigenvalue weighted by Crippen LogP contribution is 2.28. The van der Waals surface area contributed by atoms with Crippen molar-refractivity contribution < 1.29 is 9.53 Å². The molecule has 1 aliphatic heterocycles. The van der Waals surface area contributed by atoms with E-state index in [1.54, 1.807) is 7.11 Å². The number of methoxy groups -OCH3 is 1. The summed E-state index contributed by atoms with van der Waals surface area (Å²) in [7, 11) is 1.62. The number of para-hydroxylation sites is 1. The molecule has 0 aromatic heterocycles. The number of piperidine rings is 1. The van der Waals surface area contributed by atoms with Crippen LogP contribution in [0, 0.1) is 12.8 Å². The third kappa shape index (κ3) is 2.82. The van der Waals surface area contributed by atoms with Crippen LogP contribution in [0.5, 0.6) is 5.75 Å². The predicted octanol–water partition coefficient (Wildman–Crippen LogP) is 1.94. The van der Waals surface area contributed by atoms with Gasteiger partial charge in [0.2, 0.25) is 5.91 Å². The van der Waals surface area contributed by atoms with Crippen LogP contribution in [0.3, 0.4) is 0 Å². The monoisotopic (exact) mass is 248 g/mol. The lowest BCUT2D eigenvalue weighted by Crippen LogP contribution is -2.37. The molecule has 18 heavy (non-hydrogen) atoms. The van der Waals surface area contributed by atoms with Crippen molar-refractivity contribution in [1.82, 2.24) is 5.32 Å². The Morgan fingerprint density at radius 3 is 3.00 bits per heavy atom. The first-order valence-corrected chi connectivity index (χ1v) is 6.37. The Balaban J connectivity index is 2.10. The highest BCUT2D eigenvalue weighted by atomic mass is 16.5. The molecule has 1 aromatic carbocycles. The van der Waals surface area contributed by atoms with E-state index in [9.17, 15) is 4.79 Å². The number of carbonyl (C=O) groups excluding carboxylic acids is 1. The topological polar surface area (TPSA) is 50.4 Å². The normalized spacial score (nSPS) is 19.3. The number of ether oxygens (including phenoxy) is 1. The molecule has 4 heteroatoms. The zero-order chi connectivity index (χ0) is 13.0. The Bertz CT molecular complexity index is 426. The van der Waals surface area contributed by atoms with Gasteiger partial charge in [0.25, 0.3) is 0 Å². The molecule has 4 nitrogen and oxygen atoms in total. The molecule has 1 aliphatic rings. The largest absolute Gasteiger partial charge is 0.495 e. The van der Waals surface area contributed by atoms with E-state index in [2.05, 4.69) is 10.6 Å². The lowest BCUT2D eigenvalue weighted by Gasteiger charge is -2.23. The molecule has 0 spiro atoms. The molecule has 1 saturated heterocycles. The average Bonchev–Trinajstić information content (AvgIpc) is 2.42. The van der Waals surface area contributed by atoms with Crippen molar-refractivity contribution in [2.45, 2.75) is 19.8 Å². The molecule has 0 aliphatic carbocycles. The number of hydrogen-bond donors (Lipinski definition) is 2. The quantitative estimate of drug-likeness (QED) is 0.859. The van der Waals surface area contributed by atoms with E-state index in [1.165, 1.54) is 0 Å². The molecular weight excluding hydrogens is 228 g/mol. The summed E-state index contributed by atoms with van der Waals surface area (Å²) >= 11 is 0. The fourth-order valence-corrected chi connectivity index (χ4v) is 2.27. The molecule has 1 aromatic rings. The summed E-state index contributed by atoms with van der Waals surface area (Å²) in [4.78, 5) is 12.2. The molecular formula is C14H20N2O2. The van der Waals surface area contributed by atoms with Gasteiger partial charge in [0.15, 0.2) is 0 Å². The van der Waals surface area contributed by atoms with E-state index < -0.39 is 0 Å². The highest BCUT2D eigenvalue weighted by molar-refractivity contribution is 5.95. The van der Waals surface area contributed by atoms with Gasteiger partial charge in [-0.2, -0.15) is 0 Å². The molecule has 98 valence electrons. The maximum atomic E-state index is 12.2. The first kappa shape index (κ1) is 12.9. The summed E-state index contributed by atoms with van der Waals surface area (Å²) in [6.45, 7) is 3.74. The molecule has 0 saturated carbocycles. The molecule has 2 rings (SSSR count). The Kier molecular flexibility index (Phi) is 4.20. The van der Waals surface area contributed by atoms with Crippen LogP contribution in [0.25, 0.3) is 0 Å². The fraction of sp³-hybridized carbons (Fsp3) is 0.500. The Labute approximate surface area is 108 Å². The number of aryl methyl sites for hydroxylation is 1. The van der Waals surface area contributed by atoms with E-state index >= 15 is 0 Å². The van der Waals surface area contributed by atoms with Gasteiger partial charge in [-0.15, -0.1) is 0 Å². The van der Waals surface area contributed by atoms with Gasteiger partial charge in [-0.05, 0) is 37.9 Å². The smallest absolute Gasteiger partial charge is 0.228 e.